The van der Waals surface area contributed by atoms with Gasteiger partial charge in [-0.1, -0.05) is 0 Å². The van der Waals surface area contributed by atoms with Crippen LogP contribution in [0.4, 0.5) is 5.69 Å². The van der Waals surface area contributed by atoms with E-state index in [1.54, 1.807) is 18.7 Å². The summed E-state index contributed by atoms with van der Waals surface area (Å²) in [6, 6.07) is 6.34. The molecular weight excluding hydrogens is 220 g/mol. The van der Waals surface area contributed by atoms with E-state index >= 15 is 0 Å². The summed E-state index contributed by atoms with van der Waals surface area (Å²) in [6.07, 6.45) is 0.975. The first-order valence-corrected chi connectivity index (χ1v) is 6.39. The fraction of sp³-hybridized carbons (Fsp3) is 0.417. The van der Waals surface area contributed by atoms with Crippen molar-refractivity contribution < 1.29 is 4.79 Å². The number of benzene rings is 1. The number of rotatable bonds is 3. The number of hydrogen-bond acceptors (Lipinski definition) is 3. The first-order valence-electron chi connectivity index (χ1n) is 5.41. The lowest BCUT2D eigenvalue weighted by Gasteiger charge is -2.14. The Bertz CT molecular complexity index is 406. The molecule has 1 amide bonds. The van der Waals surface area contributed by atoms with Crippen molar-refractivity contribution in [2.45, 2.75) is 18.2 Å². The first-order chi connectivity index (χ1) is 7.72. The molecule has 86 valence electrons. The van der Waals surface area contributed by atoms with Gasteiger partial charge in [0.1, 0.15) is 0 Å². The molecule has 0 bridgehead atoms. The Balaban J connectivity index is 2.19. The van der Waals surface area contributed by atoms with Gasteiger partial charge < -0.3 is 10.2 Å². The summed E-state index contributed by atoms with van der Waals surface area (Å²) < 4.78 is 0. The van der Waals surface area contributed by atoms with E-state index < -0.39 is 0 Å². The van der Waals surface area contributed by atoms with Gasteiger partial charge in [0.25, 0.3) is 0 Å². The maximum Gasteiger partial charge on any atom is 0.223 e. The largest absolute Gasteiger partial charge is 0.312 e. The molecule has 4 heteroatoms. The van der Waals surface area contributed by atoms with Crippen LogP contribution >= 0.6 is 11.8 Å². The smallest absolute Gasteiger partial charge is 0.223 e. The van der Waals surface area contributed by atoms with E-state index in [4.69, 9.17) is 0 Å². The lowest BCUT2D eigenvalue weighted by Crippen LogP contribution is -2.25. The van der Waals surface area contributed by atoms with Crippen LogP contribution in [0, 0.1) is 0 Å². The molecule has 1 N–H and O–H groups in total. The minimum Gasteiger partial charge on any atom is -0.312 e. The summed E-state index contributed by atoms with van der Waals surface area (Å²) in [5, 5.41) is 3.11. The zero-order valence-corrected chi connectivity index (χ0v) is 10.4. The Morgan fingerprint density at radius 2 is 2.38 bits per heavy atom. The van der Waals surface area contributed by atoms with Gasteiger partial charge in [-0.05, 0) is 37.2 Å². The zero-order valence-electron chi connectivity index (χ0n) is 9.62. The van der Waals surface area contributed by atoms with Crippen LogP contribution in [0.3, 0.4) is 0 Å². The SMILES string of the molecule is CNCSc1ccc2c(c1)CCN2C(C)=O. The molecular formula is C12H16N2OS. The van der Waals surface area contributed by atoms with Gasteiger partial charge in [-0.15, -0.1) is 11.8 Å². The van der Waals surface area contributed by atoms with Gasteiger partial charge >= 0.3 is 0 Å². The molecule has 0 saturated heterocycles. The Hall–Kier alpha value is -1.00. The summed E-state index contributed by atoms with van der Waals surface area (Å²) in [4.78, 5) is 14.5. The molecule has 0 unspecified atom stereocenters. The van der Waals surface area contributed by atoms with E-state index in [2.05, 4.69) is 23.5 Å². The monoisotopic (exact) mass is 236 g/mol. The summed E-state index contributed by atoms with van der Waals surface area (Å²) in [5.74, 6) is 1.05. The zero-order chi connectivity index (χ0) is 11.5. The molecule has 1 aromatic rings. The van der Waals surface area contributed by atoms with Crippen LogP contribution in [0.1, 0.15) is 12.5 Å². The number of nitrogens with one attached hydrogen (secondary N) is 1. The summed E-state index contributed by atoms with van der Waals surface area (Å²) in [7, 11) is 1.94. The quantitative estimate of drug-likeness (QED) is 0.642. The molecule has 1 aliphatic rings. The van der Waals surface area contributed by atoms with Crippen LogP contribution < -0.4 is 10.2 Å². The Morgan fingerprint density at radius 1 is 1.56 bits per heavy atom. The molecule has 3 nitrogen and oxygen atoms in total. The van der Waals surface area contributed by atoms with E-state index in [1.807, 2.05) is 11.9 Å². The molecule has 1 aliphatic heterocycles. The van der Waals surface area contributed by atoms with E-state index in [0.717, 1.165) is 24.5 Å². The van der Waals surface area contributed by atoms with Crippen molar-refractivity contribution in [1.82, 2.24) is 5.32 Å². The average molecular weight is 236 g/mol. The fourth-order valence-electron chi connectivity index (χ4n) is 1.95. The van der Waals surface area contributed by atoms with Crippen molar-refractivity contribution in [2.24, 2.45) is 0 Å². The second-order valence-electron chi connectivity index (χ2n) is 3.85. The van der Waals surface area contributed by atoms with Crippen molar-refractivity contribution >= 4 is 23.4 Å². The maximum absolute atomic E-state index is 11.4. The molecule has 0 saturated carbocycles. The molecule has 1 heterocycles. The number of amides is 1. The molecule has 0 atom stereocenters. The number of anilines is 1. The highest BCUT2D eigenvalue weighted by Gasteiger charge is 2.21. The van der Waals surface area contributed by atoms with Crippen LogP contribution in [-0.4, -0.2) is 25.4 Å². The van der Waals surface area contributed by atoms with Crippen molar-refractivity contribution in [3.8, 4) is 0 Å². The Kier molecular flexibility index (Phi) is 3.51. The maximum atomic E-state index is 11.4. The van der Waals surface area contributed by atoms with Gasteiger partial charge in [0.15, 0.2) is 0 Å². The van der Waals surface area contributed by atoms with Crippen LogP contribution in [0.15, 0.2) is 23.1 Å². The molecule has 16 heavy (non-hydrogen) atoms. The topological polar surface area (TPSA) is 32.3 Å². The number of fused-ring (bicyclic) bond motifs is 1. The van der Waals surface area contributed by atoms with Crippen molar-refractivity contribution in [3.05, 3.63) is 23.8 Å². The van der Waals surface area contributed by atoms with Gasteiger partial charge in [-0.25, -0.2) is 0 Å². The number of carbonyl (C=O) groups is 1. The number of thioether (sulfide) groups is 1. The van der Waals surface area contributed by atoms with Crippen molar-refractivity contribution in [1.29, 1.82) is 0 Å². The normalized spacial score (nSPS) is 14.0. The van der Waals surface area contributed by atoms with Gasteiger partial charge in [-0.2, -0.15) is 0 Å². The number of hydrogen-bond donors (Lipinski definition) is 1. The number of nitrogens with zero attached hydrogens (tertiary/aromatic N) is 1. The Morgan fingerprint density at radius 3 is 3.06 bits per heavy atom. The second-order valence-corrected chi connectivity index (χ2v) is 4.90. The van der Waals surface area contributed by atoms with E-state index in [9.17, 15) is 4.79 Å². The highest BCUT2D eigenvalue weighted by Crippen LogP contribution is 2.31. The molecule has 0 spiro atoms. The van der Waals surface area contributed by atoms with Crippen LogP contribution in [0.5, 0.6) is 0 Å². The first kappa shape index (κ1) is 11.5. The minimum atomic E-state index is 0.134. The average Bonchev–Trinajstić information content (AvgIpc) is 2.69. The second kappa shape index (κ2) is 4.89. The van der Waals surface area contributed by atoms with Crippen LogP contribution in [0.25, 0.3) is 0 Å². The summed E-state index contributed by atoms with van der Waals surface area (Å²) in [5.41, 5.74) is 2.37. The van der Waals surface area contributed by atoms with Gasteiger partial charge in [0, 0.05) is 29.9 Å². The summed E-state index contributed by atoms with van der Waals surface area (Å²) in [6.45, 7) is 2.45. The van der Waals surface area contributed by atoms with Gasteiger partial charge in [0.05, 0.1) is 0 Å². The van der Waals surface area contributed by atoms with Crippen LogP contribution in [-0.2, 0) is 11.2 Å². The minimum absolute atomic E-state index is 0.134. The van der Waals surface area contributed by atoms with Crippen molar-refractivity contribution in [2.75, 3.05) is 24.4 Å². The standard InChI is InChI=1S/C12H16N2OS/c1-9(15)14-6-5-10-7-11(16-8-13-2)3-4-12(10)14/h3-4,7,13H,5-6,8H2,1-2H3. The molecule has 0 radical (unpaired) electrons. The van der Waals surface area contributed by atoms with E-state index in [-0.39, 0.29) is 5.91 Å². The summed E-state index contributed by atoms with van der Waals surface area (Å²) >= 11 is 1.78. The third kappa shape index (κ3) is 2.23. The van der Waals surface area contributed by atoms with Crippen LogP contribution in [0.2, 0.25) is 0 Å². The molecule has 2 rings (SSSR count). The highest BCUT2D eigenvalue weighted by atomic mass is 32.2. The lowest BCUT2D eigenvalue weighted by atomic mass is 10.2. The molecule has 1 aromatic carbocycles. The third-order valence-corrected chi connectivity index (χ3v) is 3.73. The molecule has 0 fully saturated rings. The van der Waals surface area contributed by atoms with Gasteiger partial charge in [0.2, 0.25) is 5.91 Å². The fourth-order valence-corrected chi connectivity index (χ4v) is 2.65. The number of carbonyl (C=O) groups excluding carboxylic acids is 1. The third-order valence-electron chi connectivity index (χ3n) is 2.71. The molecule has 0 aliphatic carbocycles. The van der Waals surface area contributed by atoms with Crippen molar-refractivity contribution in [3.63, 3.8) is 0 Å². The van der Waals surface area contributed by atoms with E-state index in [0.29, 0.717) is 0 Å². The predicted molar refractivity (Wildman–Crippen MR) is 68.0 cm³/mol. The highest BCUT2D eigenvalue weighted by molar-refractivity contribution is 7.99. The van der Waals surface area contributed by atoms with Gasteiger partial charge in [-0.3, -0.25) is 4.79 Å². The predicted octanol–water partition coefficient (Wildman–Crippen LogP) is 1.86. The Labute approximate surface area is 100 Å². The molecule has 0 aromatic heterocycles. The lowest BCUT2D eigenvalue weighted by molar-refractivity contribution is -0.116. The van der Waals surface area contributed by atoms with E-state index in [1.165, 1.54) is 10.5 Å².